The fourth-order valence-corrected chi connectivity index (χ4v) is 11.0. The molecule has 0 spiro atoms. The van der Waals surface area contributed by atoms with Gasteiger partial charge in [-0.15, -0.1) is 0 Å². The summed E-state index contributed by atoms with van der Waals surface area (Å²) < 4.78 is 5.87. The smallest absolute Gasteiger partial charge is 0.550 e. The van der Waals surface area contributed by atoms with E-state index < -0.39 is 23.3 Å². The fraction of sp³-hybridized carbons (Fsp3) is 0.824. The average molecular weight is 615 g/mol. The van der Waals surface area contributed by atoms with Gasteiger partial charge in [-0.2, -0.15) is 0 Å². The SMILES string of the molecule is CC1(C(=O)[O-])CCC2(C)CCC3(C)C(=CC(=O)C4C5(C)CCC(OC(=O)CCC(=O)[O-])C(C)(C)C5CCC43C)C2C1.[Na+].[Na+]. The third-order valence-corrected chi connectivity index (χ3v) is 13.8. The Labute approximate surface area is 301 Å². The number of carbonyl (C=O) groups is 4. The molecule has 0 bridgehead atoms. The van der Waals surface area contributed by atoms with E-state index in [9.17, 15) is 29.4 Å². The molecule has 0 aromatic carbocycles. The van der Waals surface area contributed by atoms with Crippen LogP contribution in [0.4, 0.5) is 0 Å². The Bertz CT molecular complexity index is 1210. The van der Waals surface area contributed by atoms with Gasteiger partial charge < -0.3 is 24.5 Å². The second-order valence-electron chi connectivity index (χ2n) is 16.3. The minimum atomic E-state index is -1.26. The Morgan fingerprint density at radius 3 is 2.09 bits per heavy atom. The average Bonchev–Trinajstić information content (AvgIpc) is 2.86. The van der Waals surface area contributed by atoms with Crippen molar-refractivity contribution in [2.75, 3.05) is 0 Å². The minimum Gasteiger partial charge on any atom is -0.550 e. The minimum absolute atomic E-state index is 0. The van der Waals surface area contributed by atoms with E-state index in [0.717, 1.165) is 38.5 Å². The summed E-state index contributed by atoms with van der Waals surface area (Å²) in [6, 6.07) is 0. The van der Waals surface area contributed by atoms with Crippen molar-refractivity contribution in [3.05, 3.63) is 11.6 Å². The number of esters is 1. The summed E-state index contributed by atoms with van der Waals surface area (Å²) in [5, 5.41) is 23.1. The first kappa shape index (κ1) is 37.3. The van der Waals surface area contributed by atoms with Gasteiger partial charge in [-0.05, 0) is 104 Å². The van der Waals surface area contributed by atoms with Gasteiger partial charge in [0.1, 0.15) is 6.10 Å². The second-order valence-corrected chi connectivity index (χ2v) is 16.3. The molecule has 0 radical (unpaired) electrons. The Hall–Kier alpha value is -0.180. The summed E-state index contributed by atoms with van der Waals surface area (Å²) in [4.78, 5) is 50.0. The number of fused-ring (bicyclic) bond motifs is 7. The van der Waals surface area contributed by atoms with Crippen LogP contribution < -0.4 is 69.3 Å². The number of carboxylic acids is 2. The monoisotopic (exact) mass is 614 g/mol. The Morgan fingerprint density at radius 2 is 1.49 bits per heavy atom. The van der Waals surface area contributed by atoms with Gasteiger partial charge in [-0.3, -0.25) is 9.59 Å². The van der Waals surface area contributed by atoms with Crippen molar-refractivity contribution in [1.29, 1.82) is 0 Å². The van der Waals surface area contributed by atoms with Gasteiger partial charge in [0.2, 0.25) is 0 Å². The number of hydrogen-bond acceptors (Lipinski definition) is 7. The molecular formula is C34H48Na2O7. The van der Waals surface area contributed by atoms with Crippen LogP contribution in [0.1, 0.15) is 119 Å². The van der Waals surface area contributed by atoms with E-state index >= 15 is 0 Å². The van der Waals surface area contributed by atoms with Crippen molar-refractivity contribution in [3.8, 4) is 0 Å². The van der Waals surface area contributed by atoms with Crippen LogP contribution in [0.3, 0.4) is 0 Å². The van der Waals surface area contributed by atoms with Crippen molar-refractivity contribution in [2.24, 2.45) is 50.2 Å². The quantitative estimate of drug-likeness (QED) is 0.264. The standard InChI is InChI=1S/C34H50O7.2Na/c1-29(2)23-10-13-34(7)27(32(23,5)12-11-24(29)41-26(38)9-8-25(36)37)22(35)18-20-21-19-31(4,28(39)40)15-14-30(21,3)16-17-33(20,34)6;;/h18,21,23-24,27H,8-17,19H2,1-7H3,(H,36,37)(H,39,40);;/q;2*+1/p-2. The number of ether oxygens (including phenoxy) is 1. The van der Waals surface area contributed by atoms with Crippen LogP contribution in [0.5, 0.6) is 0 Å². The van der Waals surface area contributed by atoms with E-state index in [-0.39, 0.29) is 129 Å². The maximum atomic E-state index is 14.4. The van der Waals surface area contributed by atoms with Crippen molar-refractivity contribution < 1.29 is 93.2 Å². The van der Waals surface area contributed by atoms with Crippen LogP contribution in [0.25, 0.3) is 0 Å². The number of carboxylic acid groups (broad SMARTS) is 2. The summed E-state index contributed by atoms with van der Waals surface area (Å²) in [6.07, 6.45) is 8.26. The normalized spacial score (nSPS) is 44.4. The van der Waals surface area contributed by atoms with Crippen LogP contribution in [-0.2, 0) is 23.9 Å². The molecule has 5 rings (SSSR count). The molecule has 0 heterocycles. The number of hydrogen-bond donors (Lipinski definition) is 0. The van der Waals surface area contributed by atoms with Gasteiger partial charge in [-0.1, -0.05) is 54.0 Å². The maximum Gasteiger partial charge on any atom is 1.00 e. The molecule has 4 fully saturated rings. The van der Waals surface area contributed by atoms with E-state index in [1.807, 2.05) is 13.0 Å². The predicted molar refractivity (Wildman–Crippen MR) is 149 cm³/mol. The number of ketones is 1. The van der Waals surface area contributed by atoms with Gasteiger partial charge in [0.15, 0.2) is 5.78 Å². The molecule has 0 aromatic rings. The van der Waals surface area contributed by atoms with E-state index in [1.54, 1.807) is 0 Å². The van der Waals surface area contributed by atoms with E-state index in [1.165, 1.54) is 5.57 Å². The van der Waals surface area contributed by atoms with Crippen molar-refractivity contribution in [2.45, 2.75) is 125 Å². The van der Waals surface area contributed by atoms with Crippen LogP contribution in [-0.4, -0.2) is 29.8 Å². The summed E-state index contributed by atoms with van der Waals surface area (Å²) >= 11 is 0. The van der Waals surface area contributed by atoms with Gasteiger partial charge in [0, 0.05) is 28.7 Å². The van der Waals surface area contributed by atoms with E-state index in [2.05, 4.69) is 41.5 Å². The van der Waals surface area contributed by atoms with E-state index in [4.69, 9.17) is 4.74 Å². The molecule has 4 saturated carbocycles. The molecule has 43 heavy (non-hydrogen) atoms. The maximum absolute atomic E-state index is 14.4. The number of aliphatic carboxylic acids is 2. The molecule has 228 valence electrons. The molecule has 9 unspecified atom stereocenters. The molecule has 0 aromatic heterocycles. The first-order valence-electron chi connectivity index (χ1n) is 15.7. The molecule has 0 saturated heterocycles. The zero-order valence-corrected chi connectivity index (χ0v) is 32.0. The molecular weight excluding hydrogens is 566 g/mol. The Balaban J connectivity index is 0.00000253. The summed E-state index contributed by atoms with van der Waals surface area (Å²) in [5.74, 6) is -2.53. The predicted octanol–water partition coefficient (Wildman–Crippen LogP) is -1.83. The first-order valence-corrected chi connectivity index (χ1v) is 15.7. The topological polar surface area (TPSA) is 124 Å². The van der Waals surface area contributed by atoms with Crippen molar-refractivity contribution in [3.63, 3.8) is 0 Å². The Kier molecular flexibility index (Phi) is 10.5. The van der Waals surface area contributed by atoms with Gasteiger partial charge in [0.05, 0.1) is 6.42 Å². The molecule has 9 atom stereocenters. The zero-order valence-electron chi connectivity index (χ0n) is 28.0. The summed E-state index contributed by atoms with van der Waals surface area (Å²) in [6.45, 7) is 15.3. The Morgan fingerprint density at radius 1 is 0.860 bits per heavy atom. The van der Waals surface area contributed by atoms with Crippen LogP contribution >= 0.6 is 0 Å². The molecule has 5 aliphatic rings. The van der Waals surface area contributed by atoms with Gasteiger partial charge in [-0.25, -0.2) is 0 Å². The van der Waals surface area contributed by atoms with E-state index in [0.29, 0.717) is 19.3 Å². The van der Waals surface area contributed by atoms with Gasteiger partial charge in [0.25, 0.3) is 0 Å². The zero-order chi connectivity index (χ0) is 30.4. The largest absolute Gasteiger partial charge is 1.00 e. The molecule has 5 aliphatic carbocycles. The number of rotatable bonds is 5. The summed E-state index contributed by atoms with van der Waals surface area (Å²) in [7, 11) is 0. The third-order valence-electron chi connectivity index (χ3n) is 13.8. The molecule has 0 amide bonds. The van der Waals surface area contributed by atoms with Crippen molar-refractivity contribution in [1.82, 2.24) is 0 Å². The second kappa shape index (κ2) is 12.1. The molecule has 0 N–H and O–H groups in total. The number of carbonyl (C=O) groups excluding carboxylic acids is 4. The molecule has 9 heteroatoms. The number of allylic oxidation sites excluding steroid dienone is 2. The van der Waals surface area contributed by atoms with Gasteiger partial charge >= 0.3 is 65.1 Å². The fourth-order valence-electron chi connectivity index (χ4n) is 11.0. The molecule has 7 nitrogen and oxygen atoms in total. The van der Waals surface area contributed by atoms with Crippen LogP contribution in [0.2, 0.25) is 0 Å². The third kappa shape index (κ3) is 5.60. The summed E-state index contributed by atoms with van der Waals surface area (Å²) in [5.41, 5.74) is -0.823. The van der Waals surface area contributed by atoms with Crippen LogP contribution in [0, 0.1) is 50.2 Å². The van der Waals surface area contributed by atoms with Crippen LogP contribution in [0.15, 0.2) is 11.6 Å². The van der Waals surface area contributed by atoms with Crippen molar-refractivity contribution >= 4 is 23.7 Å². The molecule has 0 aliphatic heterocycles. The first-order chi connectivity index (χ1) is 18.8.